The van der Waals surface area contributed by atoms with Crippen molar-refractivity contribution in [3.05, 3.63) is 5.82 Å². The maximum atomic E-state index is 4.55. The lowest BCUT2D eigenvalue weighted by Crippen LogP contribution is -2.04. The molecule has 5 heteroatoms. The van der Waals surface area contributed by atoms with Crippen LogP contribution in [0, 0.1) is 0 Å². The van der Waals surface area contributed by atoms with Crippen molar-refractivity contribution in [1.29, 1.82) is 0 Å². The van der Waals surface area contributed by atoms with E-state index in [1.807, 2.05) is 11.8 Å². The van der Waals surface area contributed by atoms with Crippen LogP contribution >= 0.6 is 23.3 Å². The summed E-state index contributed by atoms with van der Waals surface area (Å²) in [6.07, 6.45) is 5.06. The highest BCUT2D eigenvalue weighted by Gasteiger charge is 2.20. The number of aromatic nitrogens is 2. The lowest BCUT2D eigenvalue weighted by atomic mass is 10.2. The van der Waals surface area contributed by atoms with Gasteiger partial charge in [-0.3, -0.25) is 0 Å². The minimum absolute atomic E-state index is 0.548. The van der Waals surface area contributed by atoms with Crippen LogP contribution in [0.1, 0.15) is 43.7 Å². The number of nitrogens with zero attached hydrogens (tertiary/aromatic N) is 2. The second-order valence-electron chi connectivity index (χ2n) is 3.74. The van der Waals surface area contributed by atoms with Gasteiger partial charge in [-0.2, -0.15) is 16.1 Å². The van der Waals surface area contributed by atoms with Gasteiger partial charge in [0.15, 0.2) is 5.82 Å². The molecule has 1 aromatic heterocycles. The first kappa shape index (κ1) is 11.2. The minimum atomic E-state index is 0.548. The topological polar surface area (TPSA) is 37.8 Å². The molecule has 0 saturated carbocycles. The SMILES string of the molecule is CCCNc1nc(C2CCCCS2)ns1. The Morgan fingerprint density at radius 3 is 3.13 bits per heavy atom. The standard InChI is InChI=1S/C10H17N3S2/c1-2-6-11-10-12-9(13-15-10)8-5-3-4-7-14-8/h8H,2-7H2,1H3,(H,11,12,13). The van der Waals surface area contributed by atoms with E-state index in [0.717, 1.165) is 23.9 Å². The van der Waals surface area contributed by atoms with Gasteiger partial charge in [-0.15, -0.1) is 0 Å². The summed E-state index contributed by atoms with van der Waals surface area (Å²) >= 11 is 3.50. The molecular formula is C10H17N3S2. The van der Waals surface area contributed by atoms with Crippen molar-refractivity contribution in [2.75, 3.05) is 17.6 Å². The van der Waals surface area contributed by atoms with Gasteiger partial charge in [0.05, 0.1) is 5.25 Å². The number of thioether (sulfide) groups is 1. The molecule has 1 unspecified atom stereocenters. The van der Waals surface area contributed by atoms with Crippen LogP contribution in [-0.4, -0.2) is 21.7 Å². The zero-order valence-corrected chi connectivity index (χ0v) is 10.7. The number of nitrogens with one attached hydrogen (secondary N) is 1. The van der Waals surface area contributed by atoms with Gasteiger partial charge >= 0.3 is 0 Å². The van der Waals surface area contributed by atoms with Crippen molar-refractivity contribution in [2.45, 2.75) is 37.9 Å². The fourth-order valence-electron chi connectivity index (χ4n) is 1.61. The monoisotopic (exact) mass is 243 g/mol. The van der Waals surface area contributed by atoms with E-state index in [4.69, 9.17) is 0 Å². The Labute approximate surface area is 99.2 Å². The number of anilines is 1. The summed E-state index contributed by atoms with van der Waals surface area (Å²) < 4.78 is 4.44. The molecule has 0 amide bonds. The molecule has 1 atom stereocenters. The average Bonchev–Trinajstić information content (AvgIpc) is 2.76. The molecule has 1 aromatic rings. The highest BCUT2D eigenvalue weighted by atomic mass is 32.2. The summed E-state index contributed by atoms with van der Waals surface area (Å²) in [5, 5.41) is 4.82. The van der Waals surface area contributed by atoms with Gasteiger partial charge in [-0.25, -0.2) is 4.98 Å². The van der Waals surface area contributed by atoms with E-state index in [1.165, 1.54) is 36.5 Å². The van der Waals surface area contributed by atoms with Gasteiger partial charge in [-0.05, 0) is 25.0 Å². The Morgan fingerprint density at radius 1 is 1.47 bits per heavy atom. The van der Waals surface area contributed by atoms with Crippen molar-refractivity contribution in [1.82, 2.24) is 9.36 Å². The Bertz CT molecular complexity index is 295. The third-order valence-electron chi connectivity index (χ3n) is 2.44. The maximum Gasteiger partial charge on any atom is 0.202 e. The van der Waals surface area contributed by atoms with Crippen molar-refractivity contribution < 1.29 is 0 Å². The van der Waals surface area contributed by atoms with Crippen LogP contribution in [0.5, 0.6) is 0 Å². The second-order valence-corrected chi connectivity index (χ2v) is 5.80. The molecule has 0 radical (unpaired) electrons. The van der Waals surface area contributed by atoms with E-state index in [2.05, 4.69) is 21.6 Å². The predicted molar refractivity (Wildman–Crippen MR) is 67.7 cm³/mol. The smallest absolute Gasteiger partial charge is 0.202 e. The largest absolute Gasteiger partial charge is 0.360 e. The van der Waals surface area contributed by atoms with Crippen LogP contribution in [0.4, 0.5) is 5.13 Å². The van der Waals surface area contributed by atoms with E-state index in [-0.39, 0.29) is 0 Å². The third kappa shape index (κ3) is 3.08. The lowest BCUT2D eigenvalue weighted by Gasteiger charge is -2.17. The summed E-state index contributed by atoms with van der Waals surface area (Å²) in [7, 11) is 0. The summed E-state index contributed by atoms with van der Waals surface area (Å²) in [5.74, 6) is 2.31. The normalized spacial score (nSPS) is 21.5. The molecule has 0 spiro atoms. The summed E-state index contributed by atoms with van der Waals surface area (Å²) in [6, 6.07) is 0. The molecule has 0 aromatic carbocycles. The Kier molecular flexibility index (Phi) is 4.26. The van der Waals surface area contributed by atoms with Gasteiger partial charge in [0.25, 0.3) is 0 Å². The first-order chi connectivity index (χ1) is 7.40. The van der Waals surface area contributed by atoms with Crippen molar-refractivity contribution in [2.24, 2.45) is 0 Å². The molecule has 0 bridgehead atoms. The van der Waals surface area contributed by atoms with Crippen LogP contribution in [0.2, 0.25) is 0 Å². The molecule has 3 nitrogen and oxygen atoms in total. The average molecular weight is 243 g/mol. The number of hydrogen-bond acceptors (Lipinski definition) is 5. The van der Waals surface area contributed by atoms with Gasteiger partial charge in [0.1, 0.15) is 0 Å². The van der Waals surface area contributed by atoms with Crippen LogP contribution in [0.3, 0.4) is 0 Å². The number of hydrogen-bond donors (Lipinski definition) is 1. The second kappa shape index (κ2) is 5.70. The Hall–Kier alpha value is -0.290. The third-order valence-corrected chi connectivity index (χ3v) is 4.50. The highest BCUT2D eigenvalue weighted by molar-refractivity contribution is 7.99. The number of rotatable bonds is 4. The highest BCUT2D eigenvalue weighted by Crippen LogP contribution is 2.37. The lowest BCUT2D eigenvalue weighted by molar-refractivity contribution is 0.668. The summed E-state index contributed by atoms with van der Waals surface area (Å²) in [4.78, 5) is 4.55. The van der Waals surface area contributed by atoms with Gasteiger partial charge in [-0.1, -0.05) is 13.3 Å². The van der Waals surface area contributed by atoms with Gasteiger partial charge in [0.2, 0.25) is 5.13 Å². The van der Waals surface area contributed by atoms with E-state index < -0.39 is 0 Å². The van der Waals surface area contributed by atoms with E-state index >= 15 is 0 Å². The van der Waals surface area contributed by atoms with Crippen LogP contribution in [0.15, 0.2) is 0 Å². The van der Waals surface area contributed by atoms with Crippen molar-refractivity contribution >= 4 is 28.4 Å². The molecule has 1 aliphatic rings. The van der Waals surface area contributed by atoms with E-state index in [0.29, 0.717) is 5.25 Å². The van der Waals surface area contributed by atoms with E-state index in [9.17, 15) is 0 Å². The molecule has 2 rings (SSSR count). The first-order valence-corrected chi connectivity index (χ1v) is 7.41. The molecule has 84 valence electrons. The molecule has 0 aliphatic carbocycles. The zero-order valence-electron chi connectivity index (χ0n) is 9.03. The van der Waals surface area contributed by atoms with Crippen LogP contribution in [0.25, 0.3) is 0 Å². The fraction of sp³-hybridized carbons (Fsp3) is 0.800. The molecule has 1 saturated heterocycles. The molecular weight excluding hydrogens is 226 g/mol. The van der Waals surface area contributed by atoms with Gasteiger partial charge in [0, 0.05) is 18.1 Å². The van der Waals surface area contributed by atoms with Crippen LogP contribution in [-0.2, 0) is 0 Å². The van der Waals surface area contributed by atoms with Crippen LogP contribution < -0.4 is 5.32 Å². The molecule has 15 heavy (non-hydrogen) atoms. The predicted octanol–water partition coefficient (Wildman–Crippen LogP) is 3.32. The molecule has 1 aliphatic heterocycles. The quantitative estimate of drug-likeness (QED) is 0.880. The fourth-order valence-corrected chi connectivity index (χ4v) is 3.57. The molecule has 1 N–H and O–H groups in total. The molecule has 1 fully saturated rings. The Balaban J connectivity index is 1.93. The Morgan fingerprint density at radius 2 is 2.40 bits per heavy atom. The van der Waals surface area contributed by atoms with Crippen molar-refractivity contribution in [3.63, 3.8) is 0 Å². The summed E-state index contributed by atoms with van der Waals surface area (Å²) in [5.41, 5.74) is 0. The maximum absolute atomic E-state index is 4.55. The molecule has 2 heterocycles. The van der Waals surface area contributed by atoms with E-state index in [1.54, 1.807) is 0 Å². The first-order valence-electron chi connectivity index (χ1n) is 5.59. The minimum Gasteiger partial charge on any atom is -0.360 e. The van der Waals surface area contributed by atoms with Gasteiger partial charge < -0.3 is 5.32 Å². The zero-order chi connectivity index (χ0) is 10.5. The van der Waals surface area contributed by atoms with Crippen molar-refractivity contribution in [3.8, 4) is 0 Å². The summed E-state index contributed by atoms with van der Waals surface area (Å²) in [6.45, 7) is 3.15.